The SMILES string of the molecule is CC[C@H](C)[C@H](NC(=O)[C@H](C)N)C(=O)N[C@@H](C)C(=O)N[C@@H](CCC(=O)O)C(=O)N[C@@H](CCC(N)=O)C(=O)N[C@@H](CC(C)C)C(=O)N[C@@H](CCCN=C(N)N)C(=O)N[C@@H](CCCN=C(N)N)C(=O)N[C@H](C(=O)NCC(=O)N[C@@H](CC(=O)O)C(=O)N[C@@H](C)C(=O)N[C@@H](Cc1ccccc1)C(N)=O)[C@@H](C)CC. The molecule has 0 radical (unpaired) electrons. The maximum atomic E-state index is 14.6. The first-order chi connectivity index (χ1) is 48.2. The number of rotatable bonds is 49. The maximum absolute atomic E-state index is 14.6. The summed E-state index contributed by atoms with van der Waals surface area (Å²) in [7, 11) is 0. The third-order valence-electron chi connectivity index (χ3n) is 16.0. The van der Waals surface area contributed by atoms with Gasteiger partial charge >= 0.3 is 11.9 Å². The molecule has 39 heteroatoms. The minimum absolute atomic E-state index is 0.00587. The van der Waals surface area contributed by atoms with Crippen LogP contribution in [0.3, 0.4) is 0 Å². The summed E-state index contributed by atoms with van der Waals surface area (Å²) in [5, 5.41) is 48.6. The molecule has 0 bridgehead atoms. The number of hydrogen-bond donors (Lipinski definition) is 21. The van der Waals surface area contributed by atoms with E-state index in [0.717, 1.165) is 0 Å². The molecule has 0 aliphatic carbocycles. The number of benzene rings is 1. The lowest BCUT2D eigenvalue weighted by atomic mass is 9.97. The smallest absolute Gasteiger partial charge is 0.305 e. The van der Waals surface area contributed by atoms with Crippen LogP contribution in [-0.2, 0) is 83.1 Å². The molecule has 1 aromatic rings. The van der Waals surface area contributed by atoms with Crippen molar-refractivity contribution < 1.29 is 86.9 Å². The number of carbonyl (C=O) groups is 16. The highest BCUT2D eigenvalue weighted by Crippen LogP contribution is 2.15. The Morgan fingerprint density at radius 3 is 1.25 bits per heavy atom. The number of carboxylic acid groups (broad SMARTS) is 2. The van der Waals surface area contributed by atoms with Crippen molar-refractivity contribution in [1.82, 2.24) is 63.8 Å². The molecule has 28 N–H and O–H groups in total. The molecule has 576 valence electrons. The van der Waals surface area contributed by atoms with Gasteiger partial charge in [-0.25, -0.2) is 0 Å². The quantitative estimate of drug-likeness (QED) is 0.0164. The summed E-state index contributed by atoms with van der Waals surface area (Å²) in [4.78, 5) is 221. The van der Waals surface area contributed by atoms with Gasteiger partial charge in [-0.2, -0.15) is 0 Å². The Morgan fingerprint density at radius 2 is 0.825 bits per heavy atom. The van der Waals surface area contributed by atoms with E-state index in [0.29, 0.717) is 12.0 Å². The van der Waals surface area contributed by atoms with E-state index in [-0.39, 0.29) is 70.0 Å². The van der Waals surface area contributed by atoms with E-state index in [2.05, 4.69) is 73.8 Å². The zero-order valence-corrected chi connectivity index (χ0v) is 59.7. The number of guanidine groups is 2. The summed E-state index contributed by atoms with van der Waals surface area (Å²) in [6.07, 6.45) is -3.21. The average Bonchev–Trinajstić information content (AvgIpc) is 0.882. The van der Waals surface area contributed by atoms with Crippen molar-refractivity contribution in [3.63, 3.8) is 0 Å². The number of aliphatic imine (C=N–C) groups is 2. The van der Waals surface area contributed by atoms with Crippen molar-refractivity contribution >= 4 is 107 Å². The van der Waals surface area contributed by atoms with Gasteiger partial charge in [-0.05, 0) is 89.0 Å². The highest BCUT2D eigenvalue weighted by atomic mass is 16.4. The molecule has 0 unspecified atom stereocenters. The molecular weight excluding hydrogens is 1350 g/mol. The predicted octanol–water partition coefficient (Wildman–Crippen LogP) is -6.60. The number of carboxylic acids is 2. The van der Waals surface area contributed by atoms with E-state index in [4.69, 9.17) is 40.1 Å². The number of hydrogen-bond acceptors (Lipinski definition) is 19. The second kappa shape index (κ2) is 46.6. The molecule has 0 aromatic heterocycles. The third kappa shape index (κ3) is 35.9. The summed E-state index contributed by atoms with van der Waals surface area (Å²) in [6, 6.07) is -8.89. The molecule has 0 fully saturated rings. The van der Waals surface area contributed by atoms with Crippen LogP contribution in [0.2, 0.25) is 0 Å². The Balaban J connectivity index is 3.61. The van der Waals surface area contributed by atoms with Crippen molar-refractivity contribution in [2.24, 2.45) is 67.9 Å². The van der Waals surface area contributed by atoms with Crippen LogP contribution in [0.25, 0.3) is 0 Å². The molecule has 0 aliphatic heterocycles. The molecule has 1 rings (SSSR count). The molecule has 0 heterocycles. The fraction of sp³-hybridized carbons (Fsp3) is 0.625. The summed E-state index contributed by atoms with van der Waals surface area (Å²) >= 11 is 0. The van der Waals surface area contributed by atoms with Crippen molar-refractivity contribution in [1.29, 1.82) is 0 Å². The standard InChI is InChI=1S/C64H107N21O18/c1-10-32(5)49(61(102)74-30-46(87)77-44(29-48(90)91)59(100)75-35(8)54(95)82-42(51(67)92)28-37-17-13-12-14-18-37)85-58(99)39(20-16-26-73-64(70)71)79-55(96)38(19-15-25-72-63(68)69)80-60(101)43(27-31(3)4)83-57(98)40(21-23-45(66)86)81-56(97)41(22-24-47(88)89)78-53(94)36(9)76-62(103)50(33(6)11-2)84-52(93)34(7)65/h12-14,17-18,31-36,38-44,49-50H,10-11,15-16,19-30,65H2,1-9H3,(H2,66,86)(H2,67,92)(H,74,102)(H,75,100)(H,76,103)(H,77,87)(H,78,94)(H,79,96)(H,80,101)(H,81,97)(H,82,95)(H,83,98)(H,84,93)(H,85,99)(H,88,89)(H,90,91)(H4,68,69,72)(H4,70,71,73)/t32-,33-,34-,35-,36-,38-,39-,40-,41-,42-,43-,44-,49-,50-/m0/s1. The van der Waals surface area contributed by atoms with Crippen LogP contribution in [0.4, 0.5) is 0 Å². The lowest BCUT2D eigenvalue weighted by Crippen LogP contribution is -2.61. The van der Waals surface area contributed by atoms with Gasteiger partial charge in [0.05, 0.1) is 19.0 Å². The largest absolute Gasteiger partial charge is 0.481 e. The zero-order valence-electron chi connectivity index (χ0n) is 59.7. The molecule has 0 saturated heterocycles. The number of primary amides is 2. The summed E-state index contributed by atoms with van der Waals surface area (Å²) in [5.41, 5.74) is 39.5. The first-order valence-corrected chi connectivity index (χ1v) is 33.7. The van der Waals surface area contributed by atoms with Crippen LogP contribution >= 0.6 is 0 Å². The van der Waals surface area contributed by atoms with Crippen LogP contribution < -0.4 is 104 Å². The number of nitrogens with zero attached hydrogens (tertiary/aromatic N) is 2. The average molecular weight is 1460 g/mol. The Kier molecular flexibility index (Phi) is 40.9. The highest BCUT2D eigenvalue weighted by Gasteiger charge is 2.37. The monoisotopic (exact) mass is 1460 g/mol. The van der Waals surface area contributed by atoms with E-state index in [1.807, 2.05) is 0 Å². The molecule has 0 spiro atoms. The molecular formula is C64H107N21O18. The van der Waals surface area contributed by atoms with E-state index < -0.39 is 224 Å². The Morgan fingerprint density at radius 1 is 0.427 bits per heavy atom. The van der Waals surface area contributed by atoms with E-state index in [1.54, 1.807) is 71.9 Å². The fourth-order valence-electron chi connectivity index (χ4n) is 9.69. The lowest BCUT2D eigenvalue weighted by molar-refractivity contribution is -0.141. The van der Waals surface area contributed by atoms with Gasteiger partial charge in [0.25, 0.3) is 0 Å². The topological polar surface area (TPSA) is 665 Å². The van der Waals surface area contributed by atoms with Crippen molar-refractivity contribution in [2.75, 3.05) is 19.6 Å². The minimum Gasteiger partial charge on any atom is -0.481 e. The third-order valence-corrected chi connectivity index (χ3v) is 16.0. The summed E-state index contributed by atoms with van der Waals surface area (Å²) in [6.45, 7) is 12.9. The minimum atomic E-state index is -1.81. The number of aliphatic carboxylic acids is 2. The zero-order chi connectivity index (χ0) is 78.4. The van der Waals surface area contributed by atoms with Gasteiger partial charge < -0.3 is 114 Å². The molecule has 1 aromatic carbocycles. The van der Waals surface area contributed by atoms with Crippen molar-refractivity contribution in [3.05, 3.63) is 35.9 Å². The van der Waals surface area contributed by atoms with Gasteiger partial charge in [0.2, 0.25) is 82.7 Å². The molecule has 14 atom stereocenters. The molecule has 39 nitrogen and oxygen atoms in total. The van der Waals surface area contributed by atoms with Crippen LogP contribution in [-0.4, -0.2) is 209 Å². The van der Waals surface area contributed by atoms with Gasteiger partial charge in [0.15, 0.2) is 11.9 Å². The van der Waals surface area contributed by atoms with Crippen LogP contribution in [0, 0.1) is 17.8 Å². The van der Waals surface area contributed by atoms with E-state index >= 15 is 0 Å². The van der Waals surface area contributed by atoms with Gasteiger partial charge in [0.1, 0.15) is 66.5 Å². The number of carbonyl (C=O) groups excluding carboxylic acids is 14. The first kappa shape index (κ1) is 90.3. The van der Waals surface area contributed by atoms with Crippen molar-refractivity contribution in [2.45, 2.75) is 218 Å². The normalized spacial score (nSPS) is 15.0. The van der Waals surface area contributed by atoms with Crippen LogP contribution in [0.1, 0.15) is 145 Å². The summed E-state index contributed by atoms with van der Waals surface area (Å²) < 4.78 is 0. The molecule has 0 saturated carbocycles. The second-order valence-electron chi connectivity index (χ2n) is 25.4. The van der Waals surface area contributed by atoms with Crippen LogP contribution in [0.5, 0.6) is 0 Å². The lowest BCUT2D eigenvalue weighted by Gasteiger charge is -2.29. The van der Waals surface area contributed by atoms with E-state index in [1.165, 1.54) is 20.8 Å². The second-order valence-corrected chi connectivity index (χ2v) is 25.4. The Labute approximate surface area is 597 Å². The van der Waals surface area contributed by atoms with Gasteiger partial charge in [-0.3, -0.25) is 86.7 Å². The predicted molar refractivity (Wildman–Crippen MR) is 374 cm³/mol. The molecule has 103 heavy (non-hydrogen) atoms. The molecule has 0 aliphatic rings. The number of amides is 14. The van der Waals surface area contributed by atoms with Gasteiger partial charge in [0, 0.05) is 32.4 Å². The van der Waals surface area contributed by atoms with Gasteiger partial charge in [-0.1, -0.05) is 84.7 Å². The Bertz CT molecular complexity index is 3150. The summed E-state index contributed by atoms with van der Waals surface area (Å²) in [5.74, 6) is -18.6. The first-order valence-electron chi connectivity index (χ1n) is 33.7. The highest BCUT2D eigenvalue weighted by molar-refractivity contribution is 6.00. The number of nitrogens with two attached hydrogens (primary N) is 7. The fourth-order valence-corrected chi connectivity index (χ4v) is 9.69. The van der Waals surface area contributed by atoms with Gasteiger partial charge in [-0.15, -0.1) is 0 Å². The maximum Gasteiger partial charge on any atom is 0.305 e. The molecule has 14 amide bonds. The van der Waals surface area contributed by atoms with E-state index in [9.17, 15) is 86.9 Å². The Hall–Kier alpha value is -10.8. The van der Waals surface area contributed by atoms with Crippen molar-refractivity contribution in [3.8, 4) is 0 Å². The van der Waals surface area contributed by atoms with Crippen LogP contribution in [0.15, 0.2) is 40.3 Å². The number of nitrogens with one attached hydrogen (secondary N) is 12.